The number of carbonyl (C=O) groups excluding carboxylic acids is 1. The number of aromatic nitrogens is 2. The van der Waals surface area contributed by atoms with Gasteiger partial charge in [0.25, 0.3) is 0 Å². The second kappa shape index (κ2) is 6.69. The van der Waals surface area contributed by atoms with Gasteiger partial charge >= 0.3 is 0 Å². The zero-order valence-corrected chi connectivity index (χ0v) is 14.1. The van der Waals surface area contributed by atoms with Crippen LogP contribution in [0, 0.1) is 0 Å². The van der Waals surface area contributed by atoms with Crippen molar-refractivity contribution in [1.29, 1.82) is 0 Å². The highest BCUT2D eigenvalue weighted by atomic mass is 32.2. The molecular weight excluding hydrogens is 318 g/mol. The quantitative estimate of drug-likeness (QED) is 0.701. The lowest BCUT2D eigenvalue weighted by Crippen LogP contribution is -2.30. The van der Waals surface area contributed by atoms with E-state index in [1.54, 1.807) is 11.8 Å². The Bertz CT molecular complexity index is 841. The molecule has 0 saturated carbocycles. The molecule has 0 spiro atoms. The number of fused-ring (bicyclic) bond motifs is 2. The lowest BCUT2D eigenvalue weighted by molar-refractivity contribution is -0.122. The van der Waals surface area contributed by atoms with Crippen LogP contribution in [0.25, 0.3) is 11.0 Å². The molecule has 122 valence electrons. The Kier molecular flexibility index (Phi) is 4.26. The molecule has 2 N–H and O–H groups in total. The number of amides is 1. The summed E-state index contributed by atoms with van der Waals surface area (Å²) in [6.07, 6.45) is 1.72. The third-order valence-electron chi connectivity index (χ3n) is 4.34. The number of para-hydroxylation sites is 2. The number of imidazole rings is 1. The molecule has 0 radical (unpaired) electrons. The van der Waals surface area contributed by atoms with Crippen LogP contribution in [-0.2, 0) is 11.2 Å². The number of aromatic amines is 1. The van der Waals surface area contributed by atoms with Crippen molar-refractivity contribution in [3.05, 3.63) is 59.9 Å². The van der Waals surface area contributed by atoms with Crippen LogP contribution in [0.15, 0.2) is 53.4 Å². The normalized spacial score (nSPS) is 16.2. The molecule has 1 aromatic heterocycles. The summed E-state index contributed by atoms with van der Waals surface area (Å²) >= 11 is 1.77. The molecule has 0 fully saturated rings. The zero-order valence-electron chi connectivity index (χ0n) is 13.3. The van der Waals surface area contributed by atoms with Crippen LogP contribution in [0.4, 0.5) is 0 Å². The first kappa shape index (κ1) is 15.3. The first-order valence-electron chi connectivity index (χ1n) is 8.24. The van der Waals surface area contributed by atoms with Crippen LogP contribution < -0.4 is 5.32 Å². The monoisotopic (exact) mass is 337 g/mol. The fourth-order valence-electron chi connectivity index (χ4n) is 3.09. The highest BCUT2D eigenvalue weighted by Gasteiger charge is 2.28. The molecule has 1 aliphatic rings. The summed E-state index contributed by atoms with van der Waals surface area (Å²) in [6.45, 7) is 0.680. The zero-order chi connectivity index (χ0) is 16.4. The number of hydrogen-bond acceptors (Lipinski definition) is 3. The van der Waals surface area contributed by atoms with E-state index in [2.05, 4.69) is 27.4 Å². The van der Waals surface area contributed by atoms with Gasteiger partial charge < -0.3 is 10.3 Å². The number of rotatable bonds is 5. The molecule has 0 saturated heterocycles. The van der Waals surface area contributed by atoms with Crippen molar-refractivity contribution in [2.45, 2.75) is 23.7 Å². The summed E-state index contributed by atoms with van der Waals surface area (Å²) in [6, 6.07) is 16.2. The molecule has 2 heterocycles. The Morgan fingerprint density at radius 1 is 1.21 bits per heavy atom. The molecule has 24 heavy (non-hydrogen) atoms. The number of carbonyl (C=O) groups is 1. The molecule has 1 aliphatic heterocycles. The topological polar surface area (TPSA) is 57.8 Å². The van der Waals surface area contributed by atoms with Gasteiger partial charge in [0.1, 0.15) is 5.82 Å². The van der Waals surface area contributed by atoms with Gasteiger partial charge in [-0.1, -0.05) is 30.3 Å². The Labute approximate surface area is 145 Å². The number of nitrogens with one attached hydrogen (secondary N) is 2. The highest BCUT2D eigenvalue weighted by Crippen LogP contribution is 2.39. The molecule has 3 aromatic rings. The van der Waals surface area contributed by atoms with E-state index in [4.69, 9.17) is 0 Å². The van der Waals surface area contributed by atoms with Gasteiger partial charge in [-0.05, 0) is 30.2 Å². The predicted octanol–water partition coefficient (Wildman–Crippen LogP) is 3.50. The summed E-state index contributed by atoms with van der Waals surface area (Å²) in [4.78, 5) is 21.5. The number of aryl methyl sites for hydroxylation is 1. The van der Waals surface area contributed by atoms with Gasteiger partial charge in [-0.15, -0.1) is 11.8 Å². The van der Waals surface area contributed by atoms with Gasteiger partial charge in [-0.2, -0.15) is 0 Å². The van der Waals surface area contributed by atoms with Crippen molar-refractivity contribution in [1.82, 2.24) is 15.3 Å². The number of hydrogen-bond donors (Lipinski definition) is 2. The summed E-state index contributed by atoms with van der Waals surface area (Å²) in [5.74, 6) is 1.94. The molecule has 0 aliphatic carbocycles. The molecule has 1 atom stereocenters. The molecule has 1 amide bonds. The number of benzene rings is 2. The maximum Gasteiger partial charge on any atom is 0.228 e. The van der Waals surface area contributed by atoms with Crippen molar-refractivity contribution >= 4 is 28.7 Å². The Morgan fingerprint density at radius 2 is 2.04 bits per heavy atom. The molecule has 2 aromatic carbocycles. The van der Waals surface area contributed by atoms with E-state index in [0.717, 1.165) is 41.0 Å². The number of thioether (sulfide) groups is 1. The Morgan fingerprint density at radius 3 is 2.96 bits per heavy atom. The average Bonchev–Trinajstić information content (AvgIpc) is 3.22. The van der Waals surface area contributed by atoms with Gasteiger partial charge in [0, 0.05) is 23.6 Å². The minimum atomic E-state index is -0.0163. The van der Waals surface area contributed by atoms with Gasteiger partial charge in [0.05, 0.1) is 17.0 Å². The predicted molar refractivity (Wildman–Crippen MR) is 97.3 cm³/mol. The van der Waals surface area contributed by atoms with Crippen molar-refractivity contribution in [3.63, 3.8) is 0 Å². The van der Waals surface area contributed by atoms with Crippen LogP contribution in [0.1, 0.15) is 23.7 Å². The van der Waals surface area contributed by atoms with E-state index in [0.29, 0.717) is 6.54 Å². The molecule has 0 bridgehead atoms. The van der Waals surface area contributed by atoms with Crippen LogP contribution >= 0.6 is 11.8 Å². The maximum absolute atomic E-state index is 12.4. The third kappa shape index (κ3) is 3.04. The van der Waals surface area contributed by atoms with Gasteiger partial charge in [0.2, 0.25) is 5.91 Å². The fourth-order valence-corrected chi connectivity index (χ4v) is 4.32. The van der Waals surface area contributed by atoms with Crippen LogP contribution in [0.2, 0.25) is 0 Å². The van der Waals surface area contributed by atoms with Crippen LogP contribution in [-0.4, -0.2) is 28.2 Å². The van der Waals surface area contributed by atoms with Crippen LogP contribution in [0.5, 0.6) is 0 Å². The fraction of sp³-hybridized carbons (Fsp3) is 0.263. The minimum absolute atomic E-state index is 0.0163. The standard InChI is InChI=1S/C19H19N3OS/c23-19(14-12-24-17-9-4-1-6-13(14)17)20-11-5-10-18-21-15-7-2-3-8-16(15)22-18/h1-4,6-9,14H,5,10-12H2,(H,20,23)(H,21,22)/t14-/m1/s1. The second-order valence-corrected chi connectivity index (χ2v) is 7.06. The molecule has 4 nitrogen and oxygen atoms in total. The van der Waals surface area contributed by atoms with E-state index < -0.39 is 0 Å². The first-order chi connectivity index (χ1) is 11.8. The van der Waals surface area contributed by atoms with E-state index in [1.165, 1.54) is 4.90 Å². The number of nitrogens with zero attached hydrogens (tertiary/aromatic N) is 1. The van der Waals surface area contributed by atoms with Gasteiger partial charge in [-0.25, -0.2) is 4.98 Å². The van der Waals surface area contributed by atoms with Crippen LogP contribution in [0.3, 0.4) is 0 Å². The first-order valence-corrected chi connectivity index (χ1v) is 9.23. The molecular formula is C19H19N3OS. The molecule has 5 heteroatoms. The average molecular weight is 337 g/mol. The summed E-state index contributed by atoms with van der Waals surface area (Å²) in [5.41, 5.74) is 3.23. The van der Waals surface area contributed by atoms with Crippen molar-refractivity contribution in [2.75, 3.05) is 12.3 Å². The third-order valence-corrected chi connectivity index (χ3v) is 5.53. The maximum atomic E-state index is 12.4. The van der Waals surface area contributed by atoms with Crippen molar-refractivity contribution < 1.29 is 4.79 Å². The smallest absolute Gasteiger partial charge is 0.228 e. The van der Waals surface area contributed by atoms with Crippen molar-refractivity contribution in [3.8, 4) is 0 Å². The van der Waals surface area contributed by atoms with Crippen molar-refractivity contribution in [2.24, 2.45) is 0 Å². The largest absolute Gasteiger partial charge is 0.356 e. The summed E-state index contributed by atoms with van der Waals surface area (Å²) in [5, 5.41) is 3.08. The minimum Gasteiger partial charge on any atom is -0.356 e. The SMILES string of the molecule is O=C(NCCCc1nc2ccccc2[nH]1)[C@@H]1CSc2ccccc21. The Balaban J connectivity index is 1.29. The lowest BCUT2D eigenvalue weighted by atomic mass is 10.0. The van der Waals surface area contributed by atoms with E-state index in [-0.39, 0.29) is 11.8 Å². The second-order valence-electron chi connectivity index (χ2n) is 6.00. The number of H-pyrrole nitrogens is 1. The molecule has 4 rings (SSSR count). The van der Waals surface area contributed by atoms with E-state index in [9.17, 15) is 4.79 Å². The molecule has 0 unspecified atom stereocenters. The van der Waals surface area contributed by atoms with E-state index in [1.807, 2.05) is 36.4 Å². The van der Waals surface area contributed by atoms with Gasteiger partial charge in [-0.3, -0.25) is 4.79 Å². The summed E-state index contributed by atoms with van der Waals surface area (Å²) < 4.78 is 0. The summed E-state index contributed by atoms with van der Waals surface area (Å²) in [7, 11) is 0. The Hall–Kier alpha value is -2.27. The highest BCUT2D eigenvalue weighted by molar-refractivity contribution is 7.99. The van der Waals surface area contributed by atoms with Gasteiger partial charge in [0.15, 0.2) is 0 Å². The van der Waals surface area contributed by atoms with E-state index >= 15 is 0 Å². The lowest BCUT2D eigenvalue weighted by Gasteiger charge is -2.11.